The van der Waals surface area contributed by atoms with Gasteiger partial charge in [0.1, 0.15) is 11.5 Å². The molecule has 0 aliphatic carbocycles. The average molecular weight is 419 g/mol. The van der Waals surface area contributed by atoms with Crippen molar-refractivity contribution in [3.8, 4) is 11.3 Å². The summed E-state index contributed by atoms with van der Waals surface area (Å²) < 4.78 is 10.6. The molecule has 1 aliphatic rings. The van der Waals surface area contributed by atoms with Crippen LogP contribution >= 0.6 is 11.8 Å². The van der Waals surface area contributed by atoms with E-state index in [1.165, 1.54) is 12.0 Å². The Bertz CT molecular complexity index is 1150. The molecule has 0 spiro atoms. The molecule has 30 heavy (non-hydrogen) atoms. The van der Waals surface area contributed by atoms with E-state index < -0.39 is 5.97 Å². The molecule has 1 aliphatic heterocycles. The number of carbonyl (C=O) groups excluding carboxylic acids is 3. The number of methoxy groups -OCH3 is 1. The Morgan fingerprint density at radius 3 is 2.53 bits per heavy atom. The molecule has 2 amide bonds. The fourth-order valence-electron chi connectivity index (χ4n) is 3.09. The predicted octanol–water partition coefficient (Wildman–Crippen LogP) is 4.97. The third-order valence-corrected chi connectivity index (χ3v) is 5.46. The third kappa shape index (κ3) is 3.92. The first-order valence-corrected chi connectivity index (χ1v) is 9.95. The molecule has 150 valence electrons. The molecule has 3 aromatic rings. The lowest BCUT2D eigenvalue weighted by molar-refractivity contribution is -0.123. The zero-order valence-corrected chi connectivity index (χ0v) is 16.8. The molecular weight excluding hydrogens is 402 g/mol. The van der Waals surface area contributed by atoms with Gasteiger partial charge in [-0.25, -0.2) is 4.79 Å². The molecule has 0 radical (unpaired) electrons. The van der Waals surface area contributed by atoms with Crippen molar-refractivity contribution in [3.05, 3.63) is 88.5 Å². The number of furan rings is 1. The van der Waals surface area contributed by atoms with Gasteiger partial charge in [-0.1, -0.05) is 48.5 Å². The fourth-order valence-corrected chi connectivity index (χ4v) is 3.91. The highest BCUT2D eigenvalue weighted by Crippen LogP contribution is 2.34. The summed E-state index contributed by atoms with van der Waals surface area (Å²) in [5, 5.41) is -0.321. The van der Waals surface area contributed by atoms with Crippen LogP contribution in [-0.4, -0.2) is 29.1 Å². The number of hydrogen-bond donors (Lipinski definition) is 0. The molecule has 4 rings (SSSR count). The minimum atomic E-state index is -0.467. The normalized spacial score (nSPS) is 15.1. The summed E-state index contributed by atoms with van der Waals surface area (Å²) in [4.78, 5) is 38.5. The molecule has 0 saturated carbocycles. The Balaban J connectivity index is 1.57. The minimum absolute atomic E-state index is 0.221. The van der Waals surface area contributed by atoms with Gasteiger partial charge in [0.05, 0.1) is 24.1 Å². The van der Waals surface area contributed by atoms with E-state index in [1.807, 2.05) is 30.3 Å². The van der Waals surface area contributed by atoms with Gasteiger partial charge in [-0.2, -0.15) is 0 Å². The monoisotopic (exact) mass is 419 g/mol. The SMILES string of the molecule is COC(=O)c1ccccc1-c1ccc(C=C2SC(=O)N(Cc3ccccc3)C2=O)o1. The molecule has 0 N–H and O–H groups in total. The summed E-state index contributed by atoms with van der Waals surface area (Å²) in [5.74, 6) is 0.0491. The van der Waals surface area contributed by atoms with Crippen molar-refractivity contribution < 1.29 is 23.5 Å². The number of ether oxygens (including phenoxy) is 1. The van der Waals surface area contributed by atoms with Crippen LogP contribution < -0.4 is 0 Å². The summed E-state index contributed by atoms with van der Waals surface area (Å²) in [5.41, 5.74) is 1.84. The number of imide groups is 1. The molecule has 7 heteroatoms. The van der Waals surface area contributed by atoms with Crippen LogP contribution in [0.3, 0.4) is 0 Å². The second kappa shape index (κ2) is 8.42. The largest absolute Gasteiger partial charge is 0.465 e. The minimum Gasteiger partial charge on any atom is -0.465 e. The quantitative estimate of drug-likeness (QED) is 0.429. The second-order valence-corrected chi connectivity index (χ2v) is 7.49. The summed E-state index contributed by atoms with van der Waals surface area (Å²) in [7, 11) is 1.32. The lowest BCUT2D eigenvalue weighted by Crippen LogP contribution is -2.27. The standard InChI is InChI=1S/C23H17NO5S/c1-28-22(26)18-10-6-5-9-17(18)19-12-11-16(29-19)13-20-21(25)24(23(27)30-20)14-15-7-3-2-4-8-15/h2-13H,14H2,1H3. The van der Waals surface area contributed by atoms with Gasteiger partial charge >= 0.3 is 5.97 Å². The Kier molecular flexibility index (Phi) is 5.54. The Hall–Kier alpha value is -3.58. The van der Waals surface area contributed by atoms with Gasteiger partial charge in [-0.15, -0.1) is 0 Å². The fraction of sp³-hybridized carbons (Fsp3) is 0.0870. The van der Waals surface area contributed by atoms with Crippen LogP contribution in [0.4, 0.5) is 4.79 Å². The number of rotatable bonds is 5. The zero-order valence-electron chi connectivity index (χ0n) is 16.0. The van der Waals surface area contributed by atoms with Gasteiger partial charge in [-0.3, -0.25) is 14.5 Å². The van der Waals surface area contributed by atoms with Crippen molar-refractivity contribution in [3.63, 3.8) is 0 Å². The van der Waals surface area contributed by atoms with Crippen molar-refractivity contribution in [2.75, 3.05) is 7.11 Å². The number of nitrogens with zero attached hydrogens (tertiary/aromatic N) is 1. The number of carbonyl (C=O) groups is 3. The number of thioether (sulfide) groups is 1. The van der Waals surface area contributed by atoms with E-state index in [9.17, 15) is 14.4 Å². The molecule has 0 unspecified atom stereocenters. The topological polar surface area (TPSA) is 76.8 Å². The van der Waals surface area contributed by atoms with Crippen molar-refractivity contribution in [1.29, 1.82) is 0 Å². The summed E-state index contributed by atoms with van der Waals surface area (Å²) in [6, 6.07) is 19.7. The van der Waals surface area contributed by atoms with E-state index in [2.05, 4.69) is 0 Å². The van der Waals surface area contributed by atoms with E-state index in [0.717, 1.165) is 17.3 Å². The maximum Gasteiger partial charge on any atom is 0.338 e. The van der Waals surface area contributed by atoms with Gasteiger partial charge in [0.15, 0.2) is 0 Å². The molecule has 1 fully saturated rings. The van der Waals surface area contributed by atoms with Crippen LogP contribution in [-0.2, 0) is 16.1 Å². The number of hydrogen-bond acceptors (Lipinski definition) is 6. The van der Waals surface area contributed by atoms with Crippen molar-refractivity contribution in [2.45, 2.75) is 6.54 Å². The number of esters is 1. The summed E-state index contributed by atoms with van der Waals surface area (Å²) >= 11 is 0.877. The smallest absolute Gasteiger partial charge is 0.338 e. The second-order valence-electron chi connectivity index (χ2n) is 6.49. The average Bonchev–Trinajstić information content (AvgIpc) is 3.34. The van der Waals surface area contributed by atoms with Gasteiger partial charge in [0.2, 0.25) is 0 Å². The zero-order chi connectivity index (χ0) is 21.1. The van der Waals surface area contributed by atoms with Crippen molar-refractivity contribution >= 4 is 35.0 Å². The van der Waals surface area contributed by atoms with Crippen molar-refractivity contribution in [2.24, 2.45) is 0 Å². The van der Waals surface area contributed by atoms with E-state index in [0.29, 0.717) is 22.6 Å². The Morgan fingerprint density at radius 1 is 1.03 bits per heavy atom. The molecule has 2 heterocycles. The van der Waals surface area contributed by atoms with Crippen LogP contribution in [0.5, 0.6) is 0 Å². The van der Waals surface area contributed by atoms with Gasteiger partial charge in [0.25, 0.3) is 11.1 Å². The van der Waals surface area contributed by atoms with Gasteiger partial charge in [-0.05, 0) is 35.5 Å². The highest BCUT2D eigenvalue weighted by Gasteiger charge is 2.35. The van der Waals surface area contributed by atoms with Crippen LogP contribution in [0.2, 0.25) is 0 Å². The highest BCUT2D eigenvalue weighted by molar-refractivity contribution is 8.18. The molecular formula is C23H17NO5S. The number of amides is 2. The number of benzene rings is 2. The Morgan fingerprint density at radius 2 is 1.77 bits per heavy atom. The third-order valence-electron chi connectivity index (χ3n) is 4.56. The van der Waals surface area contributed by atoms with E-state index in [-0.39, 0.29) is 22.6 Å². The maximum absolute atomic E-state index is 12.7. The lowest BCUT2D eigenvalue weighted by Gasteiger charge is -2.11. The first-order chi connectivity index (χ1) is 14.6. The predicted molar refractivity (Wildman–Crippen MR) is 113 cm³/mol. The van der Waals surface area contributed by atoms with E-state index in [1.54, 1.807) is 42.5 Å². The molecule has 0 atom stereocenters. The lowest BCUT2D eigenvalue weighted by atomic mass is 10.1. The molecule has 0 bridgehead atoms. The van der Waals surface area contributed by atoms with Crippen LogP contribution in [0.1, 0.15) is 21.7 Å². The Labute approximate surface area is 177 Å². The van der Waals surface area contributed by atoms with Crippen molar-refractivity contribution in [1.82, 2.24) is 4.90 Å². The first kappa shape index (κ1) is 19.7. The van der Waals surface area contributed by atoms with E-state index >= 15 is 0 Å². The van der Waals surface area contributed by atoms with Crippen LogP contribution in [0, 0.1) is 0 Å². The van der Waals surface area contributed by atoms with Gasteiger partial charge < -0.3 is 9.15 Å². The van der Waals surface area contributed by atoms with Crippen LogP contribution in [0.15, 0.2) is 76.1 Å². The van der Waals surface area contributed by atoms with Crippen LogP contribution in [0.25, 0.3) is 17.4 Å². The molecule has 1 saturated heterocycles. The highest BCUT2D eigenvalue weighted by atomic mass is 32.2. The molecule has 1 aromatic heterocycles. The first-order valence-electron chi connectivity index (χ1n) is 9.13. The van der Waals surface area contributed by atoms with E-state index in [4.69, 9.17) is 9.15 Å². The van der Waals surface area contributed by atoms with Gasteiger partial charge in [0, 0.05) is 11.6 Å². The summed E-state index contributed by atoms with van der Waals surface area (Å²) in [6.07, 6.45) is 1.54. The summed E-state index contributed by atoms with van der Waals surface area (Å²) in [6.45, 7) is 0.221. The molecule has 2 aromatic carbocycles. The molecule has 6 nitrogen and oxygen atoms in total. The maximum atomic E-state index is 12.7.